The molecule has 0 radical (unpaired) electrons. The number of hydrogen-bond acceptors (Lipinski definition) is 8. The second-order valence-corrected chi connectivity index (χ2v) is 10.7. The summed E-state index contributed by atoms with van der Waals surface area (Å²) in [4.78, 5) is 28.3. The fraction of sp³-hybridized carbons (Fsp3) is 0.385. The summed E-state index contributed by atoms with van der Waals surface area (Å²) >= 11 is 3.18. The fourth-order valence-corrected chi connectivity index (χ4v) is 6.66. The Balaban J connectivity index is 1.83. The number of thioether (sulfide) groups is 2. The zero-order valence-electron chi connectivity index (χ0n) is 18.7. The highest BCUT2D eigenvalue weighted by molar-refractivity contribution is 8.02. The van der Waals surface area contributed by atoms with Crippen LogP contribution in [-0.2, 0) is 0 Å². The van der Waals surface area contributed by atoms with Crippen LogP contribution in [0.2, 0.25) is 0 Å². The number of unbranched alkanes of at least 4 members (excludes halogenated alkanes) is 2. The molecule has 1 atom stereocenters. The van der Waals surface area contributed by atoms with E-state index in [-0.39, 0.29) is 41.6 Å². The zero-order valence-corrected chi connectivity index (χ0v) is 20.4. The van der Waals surface area contributed by atoms with E-state index in [9.17, 15) is 19.8 Å². The number of ketones is 2. The highest BCUT2D eigenvalue weighted by Gasteiger charge is 2.41. The first kappa shape index (κ1) is 24.9. The summed E-state index contributed by atoms with van der Waals surface area (Å²) in [6, 6.07) is 3.56. The van der Waals surface area contributed by atoms with Gasteiger partial charge in [0.15, 0.2) is 11.6 Å². The van der Waals surface area contributed by atoms with E-state index in [2.05, 4.69) is 0 Å². The van der Waals surface area contributed by atoms with E-state index in [0.717, 1.165) is 34.1 Å². The van der Waals surface area contributed by atoms with Gasteiger partial charge in [0.05, 0.1) is 17.0 Å². The number of fused-ring (bicyclic) bond motifs is 3. The average Bonchev–Trinajstić information content (AvgIpc) is 2.85. The molecule has 2 aliphatic rings. The Hall–Kier alpha value is -2.26. The van der Waals surface area contributed by atoms with Crippen LogP contribution < -0.4 is 0 Å². The molecule has 6 nitrogen and oxygen atoms in total. The van der Waals surface area contributed by atoms with E-state index >= 15 is 0 Å². The zero-order chi connectivity index (χ0) is 24.2. The lowest BCUT2D eigenvalue weighted by atomic mass is 9.73. The molecule has 2 aromatic rings. The van der Waals surface area contributed by atoms with Crippen molar-refractivity contribution in [2.75, 3.05) is 24.7 Å². The number of carbonyl (C=O) groups is 2. The molecule has 0 saturated carbocycles. The van der Waals surface area contributed by atoms with Crippen molar-refractivity contribution in [2.45, 2.75) is 41.9 Å². The standard InChI is InChI=1S/C26H28O6S2/c27-9-3-5-11-33-19-13-17-18(14-20(19)34-12-6-4-10-28)26(32)22-21(25(17)31)23(29)15-7-1-2-8-16(15)24(22)30/h1-2,7,13-14,16,27-28,31-32H,3-6,8-12H2. The Bertz CT molecular complexity index is 1180. The molecule has 34 heavy (non-hydrogen) atoms. The van der Waals surface area contributed by atoms with E-state index in [1.54, 1.807) is 47.8 Å². The minimum Gasteiger partial charge on any atom is -0.507 e. The Morgan fingerprint density at radius 1 is 0.824 bits per heavy atom. The molecule has 8 heteroatoms. The highest BCUT2D eigenvalue weighted by Crippen LogP contribution is 2.49. The smallest absolute Gasteiger partial charge is 0.194 e. The number of benzene rings is 2. The summed E-state index contributed by atoms with van der Waals surface area (Å²) in [5.74, 6) is -0.396. The molecular formula is C26H28O6S2. The van der Waals surface area contributed by atoms with E-state index in [1.807, 2.05) is 6.08 Å². The second-order valence-electron chi connectivity index (χ2n) is 8.38. The molecule has 1 unspecified atom stereocenters. The monoisotopic (exact) mass is 500 g/mol. The number of Topliss-reactive ketones (excluding diaryl/α,β-unsaturated/α-hetero) is 2. The fourth-order valence-electron chi connectivity index (χ4n) is 4.37. The molecule has 0 bridgehead atoms. The van der Waals surface area contributed by atoms with Crippen LogP contribution in [0, 0.1) is 5.92 Å². The third kappa shape index (κ3) is 4.64. The van der Waals surface area contributed by atoms with Crippen molar-refractivity contribution in [2.24, 2.45) is 5.92 Å². The molecule has 0 fully saturated rings. The molecule has 2 aromatic carbocycles. The molecular weight excluding hydrogens is 472 g/mol. The summed E-state index contributed by atoms with van der Waals surface area (Å²) in [7, 11) is 0. The SMILES string of the molecule is O=C1C2=CC=CCC2C(=O)c2c1c(O)c1cc(SCCCCO)c(SCCCCO)cc1c2O. The van der Waals surface area contributed by atoms with Crippen molar-refractivity contribution < 1.29 is 30.0 Å². The number of carbonyl (C=O) groups excluding carboxylic acids is 2. The van der Waals surface area contributed by atoms with Crippen LogP contribution >= 0.6 is 23.5 Å². The third-order valence-corrected chi connectivity index (χ3v) is 8.56. The predicted molar refractivity (Wildman–Crippen MR) is 135 cm³/mol. The third-order valence-electron chi connectivity index (χ3n) is 6.15. The molecule has 2 aliphatic carbocycles. The summed E-state index contributed by atoms with van der Waals surface area (Å²) < 4.78 is 0. The maximum Gasteiger partial charge on any atom is 0.194 e. The Kier molecular flexibility index (Phi) is 8.03. The normalized spacial score (nSPS) is 17.1. The second kappa shape index (κ2) is 11.0. The number of hydrogen-bond donors (Lipinski definition) is 4. The van der Waals surface area contributed by atoms with Crippen LogP contribution in [0.4, 0.5) is 0 Å². The van der Waals surface area contributed by atoms with E-state index in [0.29, 0.717) is 35.6 Å². The average molecular weight is 501 g/mol. The Labute approximate surface area is 206 Å². The molecule has 0 saturated heterocycles. The van der Waals surface area contributed by atoms with Crippen molar-refractivity contribution in [3.05, 3.63) is 47.1 Å². The van der Waals surface area contributed by atoms with Gasteiger partial charge in [0.1, 0.15) is 11.5 Å². The number of phenolic OH excluding ortho intramolecular Hbond substituents is 2. The molecule has 0 spiro atoms. The molecule has 4 rings (SSSR count). The van der Waals surface area contributed by atoms with Crippen molar-refractivity contribution in [1.82, 2.24) is 0 Å². The van der Waals surface area contributed by atoms with E-state index in [1.165, 1.54) is 0 Å². The largest absolute Gasteiger partial charge is 0.507 e. The van der Waals surface area contributed by atoms with Crippen LogP contribution in [0.5, 0.6) is 11.5 Å². The van der Waals surface area contributed by atoms with Crippen molar-refractivity contribution in [1.29, 1.82) is 0 Å². The minimum absolute atomic E-state index is 0.0907. The summed E-state index contributed by atoms with van der Waals surface area (Å²) in [5.41, 5.74) is 0.142. The minimum atomic E-state index is -0.638. The van der Waals surface area contributed by atoms with Crippen molar-refractivity contribution >= 4 is 45.9 Å². The molecule has 0 aromatic heterocycles. The first-order chi connectivity index (χ1) is 16.5. The van der Waals surface area contributed by atoms with Gasteiger partial charge < -0.3 is 20.4 Å². The van der Waals surface area contributed by atoms with Crippen LogP contribution in [-0.4, -0.2) is 56.7 Å². The van der Waals surface area contributed by atoms with Gasteiger partial charge in [-0.2, -0.15) is 0 Å². The lowest BCUT2D eigenvalue weighted by molar-refractivity contribution is 0.0878. The van der Waals surface area contributed by atoms with Gasteiger partial charge >= 0.3 is 0 Å². The van der Waals surface area contributed by atoms with E-state index < -0.39 is 11.7 Å². The topological polar surface area (TPSA) is 115 Å². The lowest BCUT2D eigenvalue weighted by Crippen LogP contribution is -2.30. The maximum atomic E-state index is 13.3. The summed E-state index contributed by atoms with van der Waals surface area (Å²) in [6.45, 7) is 0.259. The number of rotatable bonds is 10. The van der Waals surface area contributed by atoms with Crippen molar-refractivity contribution in [3.63, 3.8) is 0 Å². The maximum absolute atomic E-state index is 13.3. The van der Waals surface area contributed by atoms with Gasteiger partial charge in [-0.3, -0.25) is 9.59 Å². The van der Waals surface area contributed by atoms with Gasteiger partial charge in [-0.1, -0.05) is 18.2 Å². The number of aliphatic hydroxyl groups is 2. The number of allylic oxidation sites excluding steroid dienone is 4. The summed E-state index contributed by atoms with van der Waals surface area (Å²) in [5, 5.41) is 41.2. The van der Waals surface area contributed by atoms with Crippen molar-refractivity contribution in [3.8, 4) is 11.5 Å². The van der Waals surface area contributed by atoms with Crippen LogP contribution in [0.1, 0.15) is 52.8 Å². The lowest BCUT2D eigenvalue weighted by Gasteiger charge is -2.28. The molecule has 0 amide bonds. The Morgan fingerprint density at radius 2 is 1.38 bits per heavy atom. The molecule has 0 heterocycles. The van der Waals surface area contributed by atoms with Gasteiger partial charge in [0, 0.05) is 39.4 Å². The van der Waals surface area contributed by atoms with Gasteiger partial charge in [-0.15, -0.1) is 23.5 Å². The van der Waals surface area contributed by atoms with Crippen LogP contribution in [0.25, 0.3) is 10.8 Å². The Morgan fingerprint density at radius 3 is 1.94 bits per heavy atom. The summed E-state index contributed by atoms with van der Waals surface area (Å²) in [6.07, 6.45) is 8.61. The number of aliphatic hydroxyl groups excluding tert-OH is 2. The number of phenols is 2. The van der Waals surface area contributed by atoms with Gasteiger partial charge in [0.25, 0.3) is 0 Å². The van der Waals surface area contributed by atoms with Gasteiger partial charge in [-0.25, -0.2) is 0 Å². The molecule has 0 aliphatic heterocycles. The number of aromatic hydroxyl groups is 2. The van der Waals surface area contributed by atoms with Gasteiger partial charge in [-0.05, 0) is 55.7 Å². The molecule has 4 N–H and O–H groups in total. The van der Waals surface area contributed by atoms with Crippen LogP contribution in [0.3, 0.4) is 0 Å². The predicted octanol–water partition coefficient (Wildman–Crippen LogP) is 4.86. The first-order valence-corrected chi connectivity index (χ1v) is 13.4. The first-order valence-electron chi connectivity index (χ1n) is 11.5. The van der Waals surface area contributed by atoms with Crippen LogP contribution in [0.15, 0.2) is 45.7 Å². The highest BCUT2D eigenvalue weighted by atomic mass is 32.2. The van der Waals surface area contributed by atoms with Gasteiger partial charge in [0.2, 0.25) is 0 Å². The quantitative estimate of drug-likeness (QED) is 0.208. The van der Waals surface area contributed by atoms with E-state index in [4.69, 9.17) is 10.2 Å². The molecule has 180 valence electrons.